The molecule has 0 saturated carbocycles. The number of nitrogens with one attached hydrogen (secondary N) is 1. The summed E-state index contributed by atoms with van der Waals surface area (Å²) in [7, 11) is 1.17. The van der Waals surface area contributed by atoms with Gasteiger partial charge >= 0.3 is 7.82 Å². The van der Waals surface area contributed by atoms with Gasteiger partial charge in [0.1, 0.15) is 37.6 Å². The highest BCUT2D eigenvalue weighted by Gasteiger charge is 2.45. The Balaban J connectivity index is 2.57. The summed E-state index contributed by atoms with van der Waals surface area (Å²) >= 11 is 0. The number of ether oxygens (including phenoxy) is 2. The lowest BCUT2D eigenvalue weighted by Crippen LogP contribution is -2.60. The molecule has 1 aliphatic rings. The minimum absolute atomic E-state index is 0.0598. The third-order valence-corrected chi connectivity index (χ3v) is 14.4. The van der Waals surface area contributed by atoms with Crippen LogP contribution in [0.25, 0.3) is 0 Å². The van der Waals surface area contributed by atoms with Gasteiger partial charge in [-0.2, -0.15) is 0 Å². The van der Waals surface area contributed by atoms with Crippen LogP contribution in [0.4, 0.5) is 0 Å². The van der Waals surface area contributed by atoms with E-state index in [-0.39, 0.29) is 25.5 Å². The number of hydrogen-bond donors (Lipinski definition) is 6. The molecule has 0 radical (unpaired) electrons. The molecular weight excluding hydrogens is 920 g/mol. The van der Waals surface area contributed by atoms with E-state index in [9.17, 15) is 34.7 Å². The Morgan fingerprint density at radius 1 is 0.606 bits per heavy atom. The predicted octanol–water partition coefficient (Wildman–Crippen LogP) is 12.5. The number of rotatable bonds is 49. The van der Waals surface area contributed by atoms with Gasteiger partial charge in [0.25, 0.3) is 0 Å². The average Bonchev–Trinajstić information content (AvgIpc) is 3.33. The largest absolute Gasteiger partial charge is 0.472 e. The molecule has 1 amide bonds. The lowest BCUT2D eigenvalue weighted by molar-refractivity contribution is -0.870. The molecule has 1 unspecified atom stereocenters. The minimum Gasteiger partial charge on any atom is -0.387 e. The molecule has 0 bridgehead atoms. The molecule has 1 fully saturated rings. The highest BCUT2D eigenvalue weighted by Crippen LogP contribution is 2.43. The van der Waals surface area contributed by atoms with Gasteiger partial charge in [-0.1, -0.05) is 224 Å². The maximum absolute atomic E-state index is 13.2. The number of aliphatic hydroxyl groups excluding tert-OH is 4. The van der Waals surface area contributed by atoms with Gasteiger partial charge in [-0.05, 0) is 38.5 Å². The Bertz CT molecular complexity index is 1380. The predicted molar refractivity (Wildman–Crippen MR) is 291 cm³/mol. The van der Waals surface area contributed by atoms with E-state index in [0.717, 1.165) is 44.9 Å². The Labute approximate surface area is 434 Å². The quantitative estimate of drug-likeness (QED) is 0.0148. The van der Waals surface area contributed by atoms with Crippen LogP contribution >= 0.6 is 7.82 Å². The minimum atomic E-state index is -4.53. The monoisotopic (exact) mass is 1030 g/mol. The molecule has 14 heteroatoms. The second-order valence-corrected chi connectivity index (χ2v) is 22.8. The van der Waals surface area contributed by atoms with Crippen LogP contribution in [0.1, 0.15) is 232 Å². The van der Waals surface area contributed by atoms with Crippen LogP contribution in [0.3, 0.4) is 0 Å². The number of amides is 1. The number of hydrogen-bond acceptors (Lipinski definition) is 10. The average molecular weight is 1030 g/mol. The molecule has 8 atom stereocenters. The Morgan fingerprint density at radius 2 is 1.06 bits per heavy atom. The fraction of sp³-hybridized carbons (Fsp3) is 0.877. The maximum atomic E-state index is 13.2. The SMILES string of the molecule is CCCCCCCCCC/C=C\C/C=C\CC/C=C/[C@H](O)[C@H](CO[C@@H]1O[C@H](COP(=O)(O)OCC[N+](C)(C)C)[C@H](O)[C@H](O)[C@H]1O)NC(=O)CCCCCCCCCCCCCCCCCCCCCCC. The van der Waals surface area contributed by atoms with E-state index in [1.165, 1.54) is 161 Å². The van der Waals surface area contributed by atoms with Crippen molar-refractivity contribution < 1.29 is 57.7 Å². The molecule has 6 N–H and O–H groups in total. The Morgan fingerprint density at radius 3 is 1.55 bits per heavy atom. The van der Waals surface area contributed by atoms with Crippen LogP contribution in [-0.4, -0.2) is 126 Å². The van der Waals surface area contributed by atoms with E-state index in [1.807, 2.05) is 27.2 Å². The highest BCUT2D eigenvalue weighted by atomic mass is 31.2. The normalized spacial score (nSPS) is 20.6. The topological polar surface area (TPSA) is 184 Å². The second kappa shape index (κ2) is 44.8. The van der Waals surface area contributed by atoms with Crippen molar-refractivity contribution in [2.75, 3.05) is 47.5 Å². The Hall–Kier alpha value is -1.48. The van der Waals surface area contributed by atoms with Crippen molar-refractivity contribution in [3.8, 4) is 0 Å². The van der Waals surface area contributed by atoms with Crippen LogP contribution in [0.2, 0.25) is 0 Å². The van der Waals surface area contributed by atoms with E-state index in [2.05, 4.69) is 43.5 Å². The number of nitrogens with zero attached hydrogens (tertiary/aromatic N) is 1. The van der Waals surface area contributed by atoms with Gasteiger partial charge in [-0.3, -0.25) is 13.8 Å². The van der Waals surface area contributed by atoms with Crippen LogP contribution < -0.4 is 5.32 Å². The number of likely N-dealkylation sites (N-methyl/N-ethyl adjacent to an activating group) is 1. The van der Waals surface area contributed by atoms with Crippen molar-refractivity contribution in [1.29, 1.82) is 0 Å². The van der Waals surface area contributed by atoms with E-state index < -0.39 is 57.3 Å². The van der Waals surface area contributed by atoms with Gasteiger partial charge in [0.2, 0.25) is 5.91 Å². The molecule has 13 nitrogen and oxygen atoms in total. The van der Waals surface area contributed by atoms with E-state index >= 15 is 0 Å². The fourth-order valence-electron chi connectivity index (χ4n) is 8.71. The van der Waals surface area contributed by atoms with Crippen LogP contribution in [0, 0.1) is 0 Å². The molecule has 71 heavy (non-hydrogen) atoms. The van der Waals surface area contributed by atoms with E-state index in [1.54, 1.807) is 6.08 Å². The number of phosphoric ester groups is 1. The van der Waals surface area contributed by atoms with Gasteiger partial charge in [-0.25, -0.2) is 4.57 Å². The lowest BCUT2D eigenvalue weighted by Gasteiger charge is -2.40. The van der Waals surface area contributed by atoms with Gasteiger partial charge in [-0.15, -0.1) is 0 Å². The van der Waals surface area contributed by atoms with Gasteiger partial charge in [0.05, 0.1) is 46.5 Å². The van der Waals surface area contributed by atoms with Gasteiger partial charge in [0.15, 0.2) is 6.29 Å². The summed E-state index contributed by atoms with van der Waals surface area (Å²) in [6, 6.07) is -0.919. The first-order chi connectivity index (χ1) is 34.2. The number of allylic oxidation sites excluding steroid dienone is 5. The first-order valence-corrected chi connectivity index (χ1v) is 30.4. The highest BCUT2D eigenvalue weighted by molar-refractivity contribution is 7.47. The molecule has 418 valence electrons. The van der Waals surface area contributed by atoms with Crippen LogP contribution in [-0.2, 0) is 27.9 Å². The number of carbonyl (C=O) groups excluding carboxylic acids is 1. The Kier molecular flexibility index (Phi) is 42.6. The third kappa shape index (κ3) is 39.6. The number of unbranched alkanes of at least 4 members (excludes halogenated alkanes) is 29. The summed E-state index contributed by atoms with van der Waals surface area (Å²) in [6.07, 6.45) is 44.5. The summed E-state index contributed by atoms with van der Waals surface area (Å²) in [4.78, 5) is 23.4. The molecule has 0 aromatic rings. The summed E-state index contributed by atoms with van der Waals surface area (Å²) < 4.78 is 34.7. The maximum Gasteiger partial charge on any atom is 0.472 e. The molecule has 1 rings (SSSR count). The third-order valence-electron chi connectivity index (χ3n) is 13.5. The molecular formula is C57H110N2O11P+. The summed E-state index contributed by atoms with van der Waals surface area (Å²) in [5.41, 5.74) is 0. The van der Waals surface area contributed by atoms with Crippen LogP contribution in [0.15, 0.2) is 36.5 Å². The van der Waals surface area contributed by atoms with Crippen LogP contribution in [0.5, 0.6) is 0 Å². The smallest absolute Gasteiger partial charge is 0.387 e. The standard InChI is InChI=1S/C57H109N2O11P/c1-6-8-10-12-14-16-18-20-22-24-25-26-27-29-31-33-35-37-39-41-43-45-53(61)58-50(51(60)44-42-40-38-36-34-32-30-28-23-21-19-17-15-13-11-9-7-2)48-67-57-56(64)55(63)54(62)52(70-57)49-69-71(65,66)68-47-46-59(3,4)5/h28,30,34,36,42,44,50-52,54-57,60,62-64H,6-27,29,31-33,35,37-41,43,45-49H2,1-5H3,(H-,58,61,65,66)/p+1/b30-28-,36-34-,44-42+/t50-,51-,52+,54-,55-,56+,57+/m0/s1. The molecule has 1 saturated heterocycles. The van der Waals surface area contributed by atoms with Crippen molar-refractivity contribution >= 4 is 13.7 Å². The van der Waals surface area contributed by atoms with Crippen molar-refractivity contribution in [2.24, 2.45) is 0 Å². The summed E-state index contributed by atoms with van der Waals surface area (Å²) in [6.45, 7) is 3.96. The number of aliphatic hydroxyl groups is 4. The molecule has 0 aromatic carbocycles. The molecule has 0 spiro atoms. The van der Waals surface area contributed by atoms with Crippen molar-refractivity contribution in [1.82, 2.24) is 5.32 Å². The molecule has 0 aliphatic carbocycles. The van der Waals surface area contributed by atoms with Crippen molar-refractivity contribution in [2.45, 2.75) is 275 Å². The van der Waals surface area contributed by atoms with Crippen molar-refractivity contribution in [3.63, 3.8) is 0 Å². The van der Waals surface area contributed by atoms with Crippen molar-refractivity contribution in [3.05, 3.63) is 36.5 Å². The number of quaternary nitrogens is 1. The molecule has 1 aliphatic heterocycles. The van der Waals surface area contributed by atoms with E-state index in [0.29, 0.717) is 17.4 Å². The van der Waals surface area contributed by atoms with Gasteiger partial charge < -0.3 is 44.6 Å². The zero-order chi connectivity index (χ0) is 52.3. The summed E-state index contributed by atoms with van der Waals surface area (Å²) in [5.74, 6) is -0.238. The number of phosphoric acid groups is 1. The molecule has 1 heterocycles. The summed E-state index contributed by atoms with van der Waals surface area (Å²) in [5, 5.41) is 46.2. The van der Waals surface area contributed by atoms with E-state index in [4.69, 9.17) is 18.5 Å². The zero-order valence-electron chi connectivity index (χ0n) is 46.0. The second-order valence-electron chi connectivity index (χ2n) is 21.4. The first kappa shape index (κ1) is 67.5. The number of carbonyl (C=O) groups is 1. The fourth-order valence-corrected chi connectivity index (χ4v) is 9.43. The zero-order valence-corrected chi connectivity index (χ0v) is 46.9. The molecule has 0 aromatic heterocycles. The lowest BCUT2D eigenvalue weighted by atomic mass is 9.99. The van der Waals surface area contributed by atoms with Gasteiger partial charge in [0, 0.05) is 6.42 Å². The first-order valence-electron chi connectivity index (χ1n) is 28.9.